The molecule has 2 aromatic heterocycles. The fraction of sp³-hybridized carbons (Fsp3) is 0.192. The maximum absolute atomic E-state index is 13.4. The van der Waals surface area contributed by atoms with Crippen molar-refractivity contribution >= 4 is 16.7 Å². The Balaban J connectivity index is 1.72. The van der Waals surface area contributed by atoms with Crippen molar-refractivity contribution < 1.29 is 14.3 Å². The number of aromatic nitrogens is 2. The SMILES string of the molecule is Cc1ccc(C(=O)c2cn(Cc3ccccn3)c3cc4c(cc3c2=O)OCCO4)cc1C. The second kappa shape index (κ2) is 7.96. The van der Waals surface area contributed by atoms with Crippen molar-refractivity contribution in [2.45, 2.75) is 20.4 Å². The monoisotopic (exact) mass is 426 g/mol. The largest absolute Gasteiger partial charge is 0.486 e. The normalized spacial score (nSPS) is 12.7. The Bertz CT molecular complexity index is 1410. The van der Waals surface area contributed by atoms with E-state index >= 15 is 0 Å². The molecule has 0 spiro atoms. The van der Waals surface area contributed by atoms with Gasteiger partial charge in [0.2, 0.25) is 5.43 Å². The highest BCUT2D eigenvalue weighted by atomic mass is 16.6. The molecule has 0 bridgehead atoms. The predicted molar refractivity (Wildman–Crippen MR) is 122 cm³/mol. The van der Waals surface area contributed by atoms with Crippen LogP contribution in [0.3, 0.4) is 0 Å². The number of rotatable bonds is 4. The van der Waals surface area contributed by atoms with E-state index in [4.69, 9.17) is 9.47 Å². The molecule has 32 heavy (non-hydrogen) atoms. The molecule has 2 aromatic carbocycles. The summed E-state index contributed by atoms with van der Waals surface area (Å²) in [5, 5.41) is 0.417. The average Bonchev–Trinajstić information content (AvgIpc) is 2.82. The van der Waals surface area contributed by atoms with Crippen molar-refractivity contribution in [2.24, 2.45) is 0 Å². The fourth-order valence-corrected chi connectivity index (χ4v) is 3.92. The van der Waals surface area contributed by atoms with E-state index in [9.17, 15) is 9.59 Å². The molecule has 6 heteroatoms. The lowest BCUT2D eigenvalue weighted by Crippen LogP contribution is -2.22. The van der Waals surface area contributed by atoms with Gasteiger partial charge in [-0.15, -0.1) is 0 Å². The molecule has 0 fully saturated rings. The third kappa shape index (κ3) is 3.54. The smallest absolute Gasteiger partial charge is 0.200 e. The topological polar surface area (TPSA) is 70.4 Å². The summed E-state index contributed by atoms with van der Waals surface area (Å²) in [6.07, 6.45) is 3.35. The van der Waals surface area contributed by atoms with Gasteiger partial charge in [-0.25, -0.2) is 0 Å². The van der Waals surface area contributed by atoms with E-state index in [1.807, 2.05) is 48.7 Å². The van der Waals surface area contributed by atoms with Crippen molar-refractivity contribution in [1.29, 1.82) is 0 Å². The Morgan fingerprint density at radius 2 is 1.78 bits per heavy atom. The van der Waals surface area contributed by atoms with Crippen LogP contribution in [0.1, 0.15) is 32.7 Å². The molecule has 3 heterocycles. The summed E-state index contributed by atoms with van der Waals surface area (Å²) in [5.41, 5.74) is 3.87. The Morgan fingerprint density at radius 1 is 1.00 bits per heavy atom. The summed E-state index contributed by atoms with van der Waals surface area (Å²) in [6.45, 7) is 5.22. The number of ether oxygens (including phenoxy) is 2. The number of aryl methyl sites for hydroxylation is 2. The summed E-state index contributed by atoms with van der Waals surface area (Å²) in [7, 11) is 0. The molecule has 6 nitrogen and oxygen atoms in total. The zero-order valence-electron chi connectivity index (χ0n) is 17.9. The maximum atomic E-state index is 13.4. The number of fused-ring (bicyclic) bond motifs is 2. The van der Waals surface area contributed by atoms with Crippen LogP contribution in [0, 0.1) is 13.8 Å². The number of pyridine rings is 2. The zero-order valence-corrected chi connectivity index (χ0v) is 17.9. The minimum Gasteiger partial charge on any atom is -0.486 e. The summed E-state index contributed by atoms with van der Waals surface area (Å²) >= 11 is 0. The van der Waals surface area contributed by atoms with Crippen LogP contribution in [0.5, 0.6) is 11.5 Å². The number of ketones is 1. The molecule has 0 atom stereocenters. The molecule has 5 rings (SSSR count). The van der Waals surface area contributed by atoms with Crippen LogP contribution >= 0.6 is 0 Å². The van der Waals surface area contributed by atoms with E-state index in [1.54, 1.807) is 30.6 Å². The standard InChI is InChI=1S/C26H22N2O4/c1-16-6-7-18(11-17(16)2)25(29)21-15-28(14-19-5-3-4-8-27-19)22-13-24-23(31-9-10-32-24)12-20(22)26(21)30/h3-8,11-13,15H,9-10,14H2,1-2H3. The molecular weight excluding hydrogens is 404 g/mol. The van der Waals surface area contributed by atoms with Crippen molar-refractivity contribution in [1.82, 2.24) is 9.55 Å². The van der Waals surface area contributed by atoms with E-state index in [2.05, 4.69) is 4.98 Å². The van der Waals surface area contributed by atoms with Gasteiger partial charge in [-0.1, -0.05) is 18.2 Å². The van der Waals surface area contributed by atoms with Gasteiger partial charge in [0.1, 0.15) is 13.2 Å². The number of carbonyl (C=O) groups excluding carboxylic acids is 1. The lowest BCUT2D eigenvalue weighted by atomic mass is 9.98. The summed E-state index contributed by atoms with van der Waals surface area (Å²) in [6, 6.07) is 14.6. The van der Waals surface area contributed by atoms with Crippen molar-refractivity contribution in [3.63, 3.8) is 0 Å². The van der Waals surface area contributed by atoms with Crippen LogP contribution in [0.25, 0.3) is 10.9 Å². The fourth-order valence-electron chi connectivity index (χ4n) is 3.92. The van der Waals surface area contributed by atoms with Crippen LogP contribution in [0.2, 0.25) is 0 Å². The van der Waals surface area contributed by atoms with Crippen LogP contribution < -0.4 is 14.9 Å². The molecule has 0 amide bonds. The van der Waals surface area contributed by atoms with E-state index in [1.165, 1.54) is 0 Å². The molecule has 0 saturated carbocycles. The zero-order chi connectivity index (χ0) is 22.2. The molecular formula is C26H22N2O4. The second-order valence-corrected chi connectivity index (χ2v) is 7.96. The van der Waals surface area contributed by atoms with Gasteiger partial charge in [0, 0.05) is 24.0 Å². The number of hydrogen-bond donors (Lipinski definition) is 0. The van der Waals surface area contributed by atoms with Gasteiger partial charge in [0.25, 0.3) is 0 Å². The summed E-state index contributed by atoms with van der Waals surface area (Å²) in [4.78, 5) is 31.2. The Labute approximate surface area is 185 Å². The van der Waals surface area contributed by atoms with Crippen LogP contribution in [0.4, 0.5) is 0 Å². The third-order valence-corrected chi connectivity index (χ3v) is 5.82. The van der Waals surface area contributed by atoms with Gasteiger partial charge < -0.3 is 14.0 Å². The average molecular weight is 426 g/mol. The summed E-state index contributed by atoms with van der Waals surface area (Å²) < 4.78 is 13.3. The number of hydrogen-bond acceptors (Lipinski definition) is 5. The molecule has 0 radical (unpaired) electrons. The molecule has 160 valence electrons. The van der Waals surface area contributed by atoms with Gasteiger partial charge in [-0.05, 0) is 49.2 Å². The second-order valence-electron chi connectivity index (χ2n) is 7.96. The minimum absolute atomic E-state index is 0.119. The molecule has 1 aliphatic rings. The number of benzene rings is 2. The first-order chi connectivity index (χ1) is 15.5. The van der Waals surface area contributed by atoms with E-state index < -0.39 is 0 Å². The first-order valence-electron chi connectivity index (χ1n) is 10.5. The summed E-state index contributed by atoms with van der Waals surface area (Å²) in [5.74, 6) is 0.803. The first-order valence-corrected chi connectivity index (χ1v) is 10.5. The van der Waals surface area contributed by atoms with Crippen LogP contribution in [0.15, 0.2) is 65.7 Å². The number of carbonyl (C=O) groups is 1. The highest BCUT2D eigenvalue weighted by Crippen LogP contribution is 2.34. The molecule has 1 aliphatic heterocycles. The molecule has 0 unspecified atom stereocenters. The van der Waals surface area contributed by atoms with Crippen molar-refractivity contribution in [3.8, 4) is 11.5 Å². The highest BCUT2D eigenvalue weighted by Gasteiger charge is 2.21. The highest BCUT2D eigenvalue weighted by molar-refractivity contribution is 6.10. The van der Waals surface area contributed by atoms with Gasteiger partial charge in [0.05, 0.1) is 28.7 Å². The Kier molecular flexibility index (Phi) is 4.98. The van der Waals surface area contributed by atoms with E-state index in [0.717, 1.165) is 16.8 Å². The lowest BCUT2D eigenvalue weighted by Gasteiger charge is -2.20. The molecule has 4 aromatic rings. The van der Waals surface area contributed by atoms with Crippen LogP contribution in [-0.2, 0) is 6.54 Å². The predicted octanol–water partition coefficient (Wildman–Crippen LogP) is 4.06. The van der Waals surface area contributed by atoms with E-state index in [0.29, 0.717) is 47.7 Å². The van der Waals surface area contributed by atoms with Crippen molar-refractivity contribution in [2.75, 3.05) is 13.2 Å². The van der Waals surface area contributed by atoms with Crippen molar-refractivity contribution in [3.05, 3.63) is 99.1 Å². The van der Waals surface area contributed by atoms with Gasteiger partial charge in [0.15, 0.2) is 17.3 Å². The van der Waals surface area contributed by atoms with Gasteiger partial charge in [-0.2, -0.15) is 0 Å². The maximum Gasteiger partial charge on any atom is 0.200 e. The lowest BCUT2D eigenvalue weighted by molar-refractivity contribution is 0.103. The first kappa shape index (κ1) is 20.0. The Morgan fingerprint density at radius 3 is 2.50 bits per heavy atom. The quantitative estimate of drug-likeness (QED) is 0.460. The molecule has 0 N–H and O–H groups in total. The number of nitrogens with zero attached hydrogens (tertiary/aromatic N) is 2. The Hall–Kier alpha value is -3.93. The third-order valence-electron chi connectivity index (χ3n) is 5.82. The minimum atomic E-state index is -0.322. The molecule has 0 aliphatic carbocycles. The van der Waals surface area contributed by atoms with Gasteiger partial charge >= 0.3 is 0 Å². The van der Waals surface area contributed by atoms with Crippen LogP contribution in [-0.4, -0.2) is 28.5 Å². The van der Waals surface area contributed by atoms with E-state index in [-0.39, 0.29) is 16.8 Å². The van der Waals surface area contributed by atoms with Gasteiger partial charge in [-0.3, -0.25) is 14.6 Å². The molecule has 0 saturated heterocycles.